The number of hydrogen-bond acceptors (Lipinski definition) is 2. The number of imidazole rings is 1. The molecule has 0 unspecified atom stereocenters. The van der Waals surface area contributed by atoms with E-state index in [1.165, 1.54) is 11.3 Å². The predicted molar refractivity (Wildman–Crippen MR) is 69.4 cm³/mol. The molecule has 2 aromatic rings. The van der Waals surface area contributed by atoms with E-state index in [1.807, 2.05) is 12.3 Å². The van der Waals surface area contributed by atoms with Gasteiger partial charge in [-0.15, -0.1) is 0 Å². The van der Waals surface area contributed by atoms with Gasteiger partial charge in [0.25, 0.3) is 0 Å². The molecule has 2 heterocycles. The Kier molecular flexibility index (Phi) is 2.56. The summed E-state index contributed by atoms with van der Waals surface area (Å²) < 4.78 is 0. The normalized spacial score (nSPS) is 18.5. The van der Waals surface area contributed by atoms with Crippen molar-refractivity contribution in [3.63, 3.8) is 0 Å². The Hall–Kier alpha value is -1.48. The van der Waals surface area contributed by atoms with Crippen molar-refractivity contribution in [2.24, 2.45) is 0 Å². The molecule has 0 bridgehead atoms. The van der Waals surface area contributed by atoms with Crippen LogP contribution in [-0.4, -0.2) is 16.0 Å². The molecule has 3 nitrogen and oxygen atoms in total. The van der Waals surface area contributed by atoms with Gasteiger partial charge in [-0.05, 0) is 37.1 Å². The summed E-state index contributed by atoms with van der Waals surface area (Å²) in [6.45, 7) is 3.11. The zero-order valence-corrected chi connectivity index (χ0v) is 10.4. The minimum Gasteiger partial charge on any atom is -0.362 e. The standard InChI is InChI=1S/C13H14ClN3/c1-9-4-10-5-11(14)2-3-13(10)17(9)7-12-6-15-8-16-12/h2-3,5-6,8-9H,4,7H2,1H3,(H,15,16)/t9-/m0/s1. The molecular formula is C13H14ClN3. The van der Waals surface area contributed by atoms with Crippen molar-refractivity contribution < 1.29 is 0 Å². The Morgan fingerprint density at radius 3 is 3.18 bits per heavy atom. The SMILES string of the molecule is C[C@H]1Cc2cc(Cl)ccc2N1Cc1cnc[nH]1. The number of aromatic amines is 1. The minimum atomic E-state index is 0.506. The van der Waals surface area contributed by atoms with E-state index in [1.54, 1.807) is 6.33 Å². The molecule has 1 aliphatic rings. The van der Waals surface area contributed by atoms with E-state index in [0.717, 1.165) is 23.7 Å². The molecule has 4 heteroatoms. The van der Waals surface area contributed by atoms with Crippen LogP contribution < -0.4 is 4.90 Å². The van der Waals surface area contributed by atoms with Gasteiger partial charge in [0, 0.05) is 22.9 Å². The molecule has 3 rings (SSSR count). The fraction of sp³-hybridized carbons (Fsp3) is 0.308. The molecule has 1 aromatic carbocycles. The van der Waals surface area contributed by atoms with Crippen LogP contribution in [0.15, 0.2) is 30.7 Å². The topological polar surface area (TPSA) is 31.9 Å². The number of nitrogens with zero attached hydrogens (tertiary/aromatic N) is 2. The van der Waals surface area contributed by atoms with E-state index >= 15 is 0 Å². The van der Waals surface area contributed by atoms with E-state index in [4.69, 9.17) is 11.6 Å². The number of H-pyrrole nitrogens is 1. The van der Waals surface area contributed by atoms with E-state index in [0.29, 0.717) is 6.04 Å². The number of halogens is 1. The summed E-state index contributed by atoms with van der Waals surface area (Å²) in [4.78, 5) is 9.59. The van der Waals surface area contributed by atoms with E-state index in [2.05, 4.69) is 33.9 Å². The van der Waals surface area contributed by atoms with Crippen molar-refractivity contribution in [1.82, 2.24) is 9.97 Å². The number of benzene rings is 1. The number of rotatable bonds is 2. The summed E-state index contributed by atoms with van der Waals surface area (Å²) in [6, 6.07) is 6.64. The molecule has 1 aromatic heterocycles. The lowest BCUT2D eigenvalue weighted by atomic mass is 10.1. The van der Waals surface area contributed by atoms with Gasteiger partial charge in [0.1, 0.15) is 0 Å². The van der Waals surface area contributed by atoms with Gasteiger partial charge in [0.15, 0.2) is 0 Å². The van der Waals surface area contributed by atoms with Crippen LogP contribution in [0.3, 0.4) is 0 Å². The van der Waals surface area contributed by atoms with Crippen LogP contribution in [-0.2, 0) is 13.0 Å². The van der Waals surface area contributed by atoms with Crippen LogP contribution in [0.2, 0.25) is 5.02 Å². The molecule has 0 aliphatic carbocycles. The molecule has 88 valence electrons. The van der Waals surface area contributed by atoms with Gasteiger partial charge in [-0.2, -0.15) is 0 Å². The monoisotopic (exact) mass is 247 g/mol. The van der Waals surface area contributed by atoms with Crippen LogP contribution in [0, 0.1) is 0 Å². The Labute approximate surface area is 105 Å². The first kappa shape index (κ1) is 10.7. The van der Waals surface area contributed by atoms with Gasteiger partial charge in [0.2, 0.25) is 0 Å². The van der Waals surface area contributed by atoms with E-state index < -0.39 is 0 Å². The van der Waals surface area contributed by atoms with Crippen molar-refractivity contribution in [3.8, 4) is 0 Å². The van der Waals surface area contributed by atoms with Crippen molar-refractivity contribution in [1.29, 1.82) is 0 Å². The third-order valence-electron chi connectivity index (χ3n) is 3.29. The van der Waals surface area contributed by atoms with Crippen molar-refractivity contribution in [2.75, 3.05) is 4.90 Å². The maximum absolute atomic E-state index is 6.03. The number of anilines is 1. The fourth-order valence-corrected chi connectivity index (χ4v) is 2.65. The first-order valence-corrected chi connectivity index (χ1v) is 6.14. The molecule has 0 saturated heterocycles. The highest BCUT2D eigenvalue weighted by atomic mass is 35.5. The zero-order chi connectivity index (χ0) is 11.8. The van der Waals surface area contributed by atoms with Crippen molar-refractivity contribution >= 4 is 17.3 Å². The third kappa shape index (κ3) is 1.91. The number of aromatic nitrogens is 2. The van der Waals surface area contributed by atoms with Gasteiger partial charge in [0.05, 0.1) is 18.6 Å². The zero-order valence-electron chi connectivity index (χ0n) is 9.65. The molecule has 0 radical (unpaired) electrons. The van der Waals surface area contributed by atoms with Crippen LogP contribution in [0.4, 0.5) is 5.69 Å². The fourth-order valence-electron chi connectivity index (χ4n) is 2.46. The quantitative estimate of drug-likeness (QED) is 0.885. The largest absolute Gasteiger partial charge is 0.362 e. The summed E-state index contributed by atoms with van der Waals surface area (Å²) in [5.41, 5.74) is 3.76. The Morgan fingerprint density at radius 2 is 2.41 bits per heavy atom. The lowest BCUT2D eigenvalue weighted by Gasteiger charge is -2.24. The third-order valence-corrected chi connectivity index (χ3v) is 3.53. The second-order valence-electron chi connectivity index (χ2n) is 4.53. The van der Waals surface area contributed by atoms with Crippen LogP contribution >= 0.6 is 11.6 Å². The summed E-state index contributed by atoms with van der Waals surface area (Å²) >= 11 is 6.03. The van der Waals surface area contributed by atoms with Crippen molar-refractivity contribution in [3.05, 3.63) is 47.0 Å². The summed E-state index contributed by atoms with van der Waals surface area (Å²) in [7, 11) is 0. The highest BCUT2D eigenvalue weighted by Gasteiger charge is 2.26. The summed E-state index contributed by atoms with van der Waals surface area (Å²) in [5, 5.41) is 0.819. The summed E-state index contributed by atoms with van der Waals surface area (Å²) in [5.74, 6) is 0. The molecule has 0 saturated carbocycles. The molecule has 17 heavy (non-hydrogen) atoms. The van der Waals surface area contributed by atoms with Gasteiger partial charge in [-0.3, -0.25) is 0 Å². The molecule has 0 amide bonds. The lowest BCUT2D eigenvalue weighted by molar-refractivity contribution is 0.666. The Bertz CT molecular complexity index is 521. The Morgan fingerprint density at radius 1 is 1.53 bits per heavy atom. The second-order valence-corrected chi connectivity index (χ2v) is 4.97. The average Bonchev–Trinajstić information content (AvgIpc) is 2.88. The number of fused-ring (bicyclic) bond motifs is 1. The van der Waals surface area contributed by atoms with Crippen molar-refractivity contribution in [2.45, 2.75) is 25.9 Å². The Balaban J connectivity index is 1.91. The summed E-state index contributed by atoms with van der Waals surface area (Å²) in [6.07, 6.45) is 4.66. The number of hydrogen-bond donors (Lipinski definition) is 1. The molecular weight excluding hydrogens is 234 g/mol. The van der Waals surface area contributed by atoms with Gasteiger partial charge >= 0.3 is 0 Å². The average molecular weight is 248 g/mol. The van der Waals surface area contributed by atoms with Crippen LogP contribution in [0.25, 0.3) is 0 Å². The molecule has 0 fully saturated rings. The van der Waals surface area contributed by atoms with Gasteiger partial charge in [-0.1, -0.05) is 11.6 Å². The highest BCUT2D eigenvalue weighted by molar-refractivity contribution is 6.30. The minimum absolute atomic E-state index is 0.506. The molecule has 1 aliphatic heterocycles. The second kappa shape index (κ2) is 4.08. The van der Waals surface area contributed by atoms with Crippen LogP contribution in [0.1, 0.15) is 18.2 Å². The maximum atomic E-state index is 6.03. The smallest absolute Gasteiger partial charge is 0.0922 e. The first-order valence-electron chi connectivity index (χ1n) is 5.76. The lowest BCUT2D eigenvalue weighted by Crippen LogP contribution is -2.28. The van der Waals surface area contributed by atoms with Gasteiger partial charge in [-0.25, -0.2) is 4.98 Å². The maximum Gasteiger partial charge on any atom is 0.0922 e. The van der Waals surface area contributed by atoms with E-state index in [9.17, 15) is 0 Å². The van der Waals surface area contributed by atoms with Crippen LogP contribution in [0.5, 0.6) is 0 Å². The molecule has 1 atom stereocenters. The predicted octanol–water partition coefficient (Wildman–Crippen LogP) is 3.01. The molecule has 0 spiro atoms. The first-order chi connectivity index (χ1) is 8.24. The highest BCUT2D eigenvalue weighted by Crippen LogP contribution is 2.34. The van der Waals surface area contributed by atoms with Gasteiger partial charge < -0.3 is 9.88 Å². The number of nitrogens with one attached hydrogen (secondary N) is 1. The molecule has 1 N–H and O–H groups in total. The van der Waals surface area contributed by atoms with E-state index in [-0.39, 0.29) is 0 Å².